The van der Waals surface area contributed by atoms with Crippen LogP contribution in [0.2, 0.25) is 0 Å². The zero-order valence-electron chi connectivity index (χ0n) is 15.6. The first-order chi connectivity index (χ1) is 13.4. The Morgan fingerprint density at radius 1 is 1.07 bits per heavy atom. The van der Waals surface area contributed by atoms with Crippen LogP contribution in [0.4, 0.5) is 5.13 Å². The second-order valence-corrected chi connectivity index (χ2v) is 6.21. The summed E-state index contributed by atoms with van der Waals surface area (Å²) in [4.78, 5) is 39.7. The van der Waals surface area contributed by atoms with Crippen molar-refractivity contribution in [1.29, 1.82) is 0 Å². The Balaban J connectivity index is 1.88. The van der Waals surface area contributed by atoms with E-state index in [2.05, 4.69) is 10.3 Å². The standard InChI is InChI=1S/C18H20N2O7S/c1-4-26-16(22)7-12-10-28-18(19-12)20-15(21)9-27-17(23)11-5-13(24-2)8-14(6-11)25-3/h5-6,8,10H,4,7,9H2,1-3H3,(H,19,20,21). The van der Waals surface area contributed by atoms with E-state index < -0.39 is 24.5 Å². The SMILES string of the molecule is CCOC(=O)Cc1csc(NC(=O)COC(=O)c2cc(OC)cc(OC)c2)n1. The number of ether oxygens (including phenoxy) is 4. The van der Waals surface area contributed by atoms with Crippen LogP contribution in [0.5, 0.6) is 11.5 Å². The Kier molecular flexibility index (Phi) is 7.76. The number of thiazole rings is 1. The molecule has 0 saturated heterocycles. The number of aromatic nitrogens is 1. The molecule has 1 aromatic carbocycles. The van der Waals surface area contributed by atoms with Crippen LogP contribution in [0.25, 0.3) is 0 Å². The maximum atomic E-state index is 12.1. The van der Waals surface area contributed by atoms with Gasteiger partial charge in [0.2, 0.25) is 0 Å². The smallest absolute Gasteiger partial charge is 0.338 e. The average Bonchev–Trinajstić information content (AvgIpc) is 3.12. The van der Waals surface area contributed by atoms with Crippen LogP contribution in [0.3, 0.4) is 0 Å². The molecule has 2 aromatic rings. The van der Waals surface area contributed by atoms with Gasteiger partial charge in [0.25, 0.3) is 5.91 Å². The minimum absolute atomic E-state index is 0.0207. The number of hydrogen-bond donors (Lipinski definition) is 1. The maximum Gasteiger partial charge on any atom is 0.338 e. The van der Waals surface area contributed by atoms with Crippen LogP contribution in [-0.2, 0) is 25.5 Å². The Labute approximate surface area is 165 Å². The molecule has 0 aliphatic rings. The molecule has 2 rings (SSSR count). The predicted molar refractivity (Wildman–Crippen MR) is 101 cm³/mol. The summed E-state index contributed by atoms with van der Waals surface area (Å²) in [6.07, 6.45) is 0.0207. The van der Waals surface area contributed by atoms with Crippen LogP contribution < -0.4 is 14.8 Å². The summed E-state index contributed by atoms with van der Waals surface area (Å²) in [5.74, 6) is -0.802. The second-order valence-electron chi connectivity index (χ2n) is 5.35. The van der Waals surface area contributed by atoms with Crippen molar-refractivity contribution in [2.75, 3.05) is 32.8 Å². The molecule has 10 heteroatoms. The van der Waals surface area contributed by atoms with Crippen molar-refractivity contribution in [3.05, 3.63) is 34.8 Å². The minimum Gasteiger partial charge on any atom is -0.497 e. The summed E-state index contributed by atoms with van der Waals surface area (Å²) >= 11 is 1.15. The van der Waals surface area contributed by atoms with E-state index in [0.717, 1.165) is 11.3 Å². The number of benzene rings is 1. The van der Waals surface area contributed by atoms with Gasteiger partial charge in [-0.1, -0.05) is 0 Å². The van der Waals surface area contributed by atoms with Gasteiger partial charge >= 0.3 is 11.9 Å². The lowest BCUT2D eigenvalue weighted by atomic mass is 10.2. The van der Waals surface area contributed by atoms with E-state index in [1.807, 2.05) is 0 Å². The van der Waals surface area contributed by atoms with E-state index in [0.29, 0.717) is 22.3 Å². The molecule has 1 heterocycles. The van der Waals surface area contributed by atoms with Crippen LogP contribution in [0.15, 0.2) is 23.6 Å². The molecule has 0 aliphatic heterocycles. The summed E-state index contributed by atoms with van der Waals surface area (Å²) in [5.41, 5.74) is 0.675. The molecule has 1 aromatic heterocycles. The highest BCUT2D eigenvalue weighted by Gasteiger charge is 2.15. The number of hydrogen-bond acceptors (Lipinski definition) is 9. The third kappa shape index (κ3) is 6.23. The molecule has 1 N–H and O–H groups in total. The molecular formula is C18H20N2O7S. The van der Waals surface area contributed by atoms with Gasteiger partial charge in [0, 0.05) is 11.4 Å². The number of anilines is 1. The molecule has 0 atom stereocenters. The zero-order chi connectivity index (χ0) is 20.5. The van der Waals surface area contributed by atoms with E-state index in [-0.39, 0.29) is 18.6 Å². The van der Waals surface area contributed by atoms with Gasteiger partial charge in [-0.25, -0.2) is 9.78 Å². The van der Waals surface area contributed by atoms with Crippen molar-refractivity contribution in [2.24, 2.45) is 0 Å². The molecule has 0 spiro atoms. The number of nitrogens with one attached hydrogen (secondary N) is 1. The minimum atomic E-state index is -0.700. The van der Waals surface area contributed by atoms with Gasteiger partial charge in [-0.2, -0.15) is 0 Å². The summed E-state index contributed by atoms with van der Waals surface area (Å²) < 4.78 is 20.0. The number of amides is 1. The predicted octanol–water partition coefficient (Wildman–Crippen LogP) is 2.06. The fraction of sp³-hybridized carbons (Fsp3) is 0.333. The fourth-order valence-electron chi connectivity index (χ4n) is 2.10. The molecular weight excluding hydrogens is 388 g/mol. The highest BCUT2D eigenvalue weighted by atomic mass is 32.1. The third-order valence-electron chi connectivity index (χ3n) is 3.35. The Morgan fingerprint density at radius 3 is 2.36 bits per heavy atom. The Hall–Kier alpha value is -3.14. The first-order valence-corrected chi connectivity index (χ1v) is 9.13. The molecule has 0 unspecified atom stereocenters. The van der Waals surface area contributed by atoms with Gasteiger partial charge < -0.3 is 18.9 Å². The highest BCUT2D eigenvalue weighted by Crippen LogP contribution is 2.23. The number of methoxy groups -OCH3 is 2. The van der Waals surface area contributed by atoms with E-state index in [1.165, 1.54) is 26.4 Å². The topological polar surface area (TPSA) is 113 Å². The number of nitrogens with zero attached hydrogens (tertiary/aromatic N) is 1. The van der Waals surface area contributed by atoms with E-state index >= 15 is 0 Å². The Morgan fingerprint density at radius 2 is 1.75 bits per heavy atom. The van der Waals surface area contributed by atoms with Gasteiger partial charge in [0.15, 0.2) is 11.7 Å². The van der Waals surface area contributed by atoms with E-state index in [9.17, 15) is 14.4 Å². The van der Waals surface area contributed by atoms with Crippen LogP contribution >= 0.6 is 11.3 Å². The van der Waals surface area contributed by atoms with Crippen molar-refractivity contribution in [3.8, 4) is 11.5 Å². The molecule has 1 amide bonds. The molecule has 0 radical (unpaired) electrons. The van der Waals surface area contributed by atoms with Crippen LogP contribution in [-0.4, -0.2) is 50.3 Å². The van der Waals surface area contributed by atoms with Gasteiger partial charge in [-0.05, 0) is 19.1 Å². The molecule has 9 nitrogen and oxygen atoms in total. The monoisotopic (exact) mass is 408 g/mol. The molecule has 150 valence electrons. The van der Waals surface area contributed by atoms with Gasteiger partial charge in [-0.3, -0.25) is 14.9 Å². The highest BCUT2D eigenvalue weighted by molar-refractivity contribution is 7.13. The Bertz CT molecular complexity index is 828. The molecule has 0 saturated carbocycles. The summed E-state index contributed by atoms with van der Waals surface area (Å²) in [7, 11) is 2.92. The fourth-order valence-corrected chi connectivity index (χ4v) is 2.83. The first kappa shape index (κ1) is 21.2. The van der Waals surface area contributed by atoms with Crippen molar-refractivity contribution in [2.45, 2.75) is 13.3 Å². The second kappa shape index (κ2) is 10.3. The van der Waals surface area contributed by atoms with Crippen molar-refractivity contribution in [3.63, 3.8) is 0 Å². The first-order valence-electron chi connectivity index (χ1n) is 8.25. The summed E-state index contributed by atoms with van der Waals surface area (Å²) in [6.45, 7) is 1.51. The lowest BCUT2D eigenvalue weighted by molar-refractivity contribution is -0.142. The number of rotatable bonds is 9. The van der Waals surface area contributed by atoms with Crippen LogP contribution in [0, 0.1) is 0 Å². The zero-order valence-corrected chi connectivity index (χ0v) is 16.5. The molecule has 0 bridgehead atoms. The normalized spacial score (nSPS) is 10.1. The summed E-state index contributed by atoms with van der Waals surface area (Å²) in [5, 5.41) is 4.44. The number of carbonyl (C=O) groups excluding carboxylic acids is 3. The molecule has 0 fully saturated rings. The van der Waals surface area contributed by atoms with Crippen LogP contribution in [0.1, 0.15) is 23.0 Å². The van der Waals surface area contributed by atoms with E-state index in [4.69, 9.17) is 18.9 Å². The number of esters is 2. The molecule has 28 heavy (non-hydrogen) atoms. The van der Waals surface area contributed by atoms with Gasteiger partial charge in [0.05, 0.1) is 38.5 Å². The number of carbonyl (C=O) groups is 3. The lowest BCUT2D eigenvalue weighted by Gasteiger charge is -2.08. The van der Waals surface area contributed by atoms with Gasteiger partial charge in [0.1, 0.15) is 11.5 Å². The quantitative estimate of drug-likeness (QED) is 0.628. The van der Waals surface area contributed by atoms with Gasteiger partial charge in [-0.15, -0.1) is 11.3 Å². The third-order valence-corrected chi connectivity index (χ3v) is 4.16. The van der Waals surface area contributed by atoms with Crippen molar-refractivity contribution < 1.29 is 33.3 Å². The largest absolute Gasteiger partial charge is 0.497 e. The lowest BCUT2D eigenvalue weighted by Crippen LogP contribution is -2.21. The average molecular weight is 408 g/mol. The van der Waals surface area contributed by atoms with Crippen molar-refractivity contribution in [1.82, 2.24) is 4.98 Å². The van der Waals surface area contributed by atoms with Crippen molar-refractivity contribution >= 4 is 34.3 Å². The molecule has 0 aliphatic carbocycles. The summed E-state index contributed by atoms with van der Waals surface area (Å²) in [6, 6.07) is 4.57. The maximum absolute atomic E-state index is 12.1. The van der Waals surface area contributed by atoms with E-state index in [1.54, 1.807) is 18.4 Å².